The van der Waals surface area contributed by atoms with Crippen molar-refractivity contribution < 1.29 is 44.5 Å². The number of ether oxygens (including phenoxy) is 3. The quantitative estimate of drug-likeness (QED) is 0.323. The normalized spacial score (nSPS) is 29.8. The summed E-state index contributed by atoms with van der Waals surface area (Å²) in [7, 11) is 3.06. The predicted molar refractivity (Wildman–Crippen MR) is 86.8 cm³/mol. The Kier molecular flexibility index (Phi) is 6.75. The third-order valence-corrected chi connectivity index (χ3v) is 4.03. The minimum atomic E-state index is -1.80. The van der Waals surface area contributed by atoms with Gasteiger partial charge in [0, 0.05) is 6.54 Å². The maximum atomic E-state index is 11.1. The van der Waals surface area contributed by atoms with Crippen LogP contribution in [-0.4, -0.2) is 82.9 Å². The van der Waals surface area contributed by atoms with Gasteiger partial charge in [-0.3, -0.25) is 0 Å². The second kappa shape index (κ2) is 8.62. The van der Waals surface area contributed by atoms with Crippen molar-refractivity contribution in [2.75, 3.05) is 20.7 Å². The molecule has 0 aromatic heterocycles. The lowest BCUT2D eigenvalue weighted by Crippen LogP contribution is -2.61. The molecule has 6 atom stereocenters. The number of carbonyl (C=O) groups is 1. The number of aliphatic hydroxyl groups is 4. The number of hydrogen-bond acceptors (Lipinski definition) is 9. The molecule has 1 aromatic carbocycles. The van der Waals surface area contributed by atoms with Crippen LogP contribution in [0.5, 0.6) is 11.5 Å². The van der Waals surface area contributed by atoms with Crippen LogP contribution in [0.2, 0.25) is 0 Å². The van der Waals surface area contributed by atoms with Crippen molar-refractivity contribution in [3.8, 4) is 11.5 Å². The smallest absolute Gasteiger partial charge is 0.335 e. The number of likely N-dealkylation sites (N-methyl/N-ethyl adjacent to an activating group) is 1. The van der Waals surface area contributed by atoms with Gasteiger partial charge in [0.05, 0.1) is 13.2 Å². The lowest BCUT2D eigenvalue weighted by atomic mass is 9.99. The summed E-state index contributed by atoms with van der Waals surface area (Å²) < 4.78 is 15.7. The van der Waals surface area contributed by atoms with E-state index in [1.807, 2.05) is 0 Å². The molecular weight excluding hydrogens is 350 g/mol. The Morgan fingerprint density at radius 1 is 1.23 bits per heavy atom. The van der Waals surface area contributed by atoms with Crippen molar-refractivity contribution in [2.45, 2.75) is 36.8 Å². The first kappa shape index (κ1) is 20.4. The Hall–Kier alpha value is -1.95. The summed E-state index contributed by atoms with van der Waals surface area (Å²) in [6.07, 6.45) is -9.34. The van der Waals surface area contributed by atoms with Gasteiger partial charge in [-0.15, -0.1) is 0 Å². The van der Waals surface area contributed by atoms with Gasteiger partial charge in [-0.1, -0.05) is 6.07 Å². The second-order valence-electron chi connectivity index (χ2n) is 5.84. The van der Waals surface area contributed by atoms with Crippen LogP contribution in [-0.2, 0) is 9.53 Å². The minimum Gasteiger partial charge on any atom is -0.493 e. The zero-order valence-corrected chi connectivity index (χ0v) is 14.3. The van der Waals surface area contributed by atoms with Gasteiger partial charge < -0.3 is 45.1 Å². The third-order valence-electron chi connectivity index (χ3n) is 4.03. The van der Waals surface area contributed by atoms with Crippen molar-refractivity contribution in [3.63, 3.8) is 0 Å². The highest BCUT2D eigenvalue weighted by Crippen LogP contribution is 2.33. The molecule has 0 amide bonds. The standard InChI is InChI=1S/C16H23NO9/c1-17-6-8(18)7-3-4-9(10(5-7)24-2)25-16-13(21)11(19)12(20)14(26-16)15(22)23/h3-5,8,11-14,16-21H,6H2,1-2H3,(H,22,23)/t8?,11-,12-,13+,14-,16+/m0/s1. The highest BCUT2D eigenvalue weighted by Gasteiger charge is 2.48. The molecule has 26 heavy (non-hydrogen) atoms. The van der Waals surface area contributed by atoms with Crippen LogP contribution in [0.1, 0.15) is 11.7 Å². The molecule has 1 saturated heterocycles. The van der Waals surface area contributed by atoms with E-state index in [-0.39, 0.29) is 11.5 Å². The number of aliphatic hydroxyl groups excluding tert-OH is 4. The van der Waals surface area contributed by atoms with E-state index >= 15 is 0 Å². The summed E-state index contributed by atoms with van der Waals surface area (Å²) in [6.45, 7) is 0.318. The SMILES string of the molecule is CNCC(O)c1ccc(O[C@@H]2O[C@H](C(=O)O)[C@@H](O)[C@H](O)[C@H]2O)c(OC)c1. The second-order valence-corrected chi connectivity index (χ2v) is 5.84. The molecule has 0 aliphatic carbocycles. The molecule has 146 valence electrons. The molecule has 2 rings (SSSR count). The lowest BCUT2D eigenvalue weighted by molar-refractivity contribution is -0.271. The van der Waals surface area contributed by atoms with Crippen molar-refractivity contribution >= 4 is 5.97 Å². The lowest BCUT2D eigenvalue weighted by Gasteiger charge is -2.38. The number of carboxylic acid groups (broad SMARTS) is 1. The average Bonchev–Trinajstić information content (AvgIpc) is 2.62. The first-order chi connectivity index (χ1) is 12.3. The highest BCUT2D eigenvalue weighted by atomic mass is 16.7. The van der Waals surface area contributed by atoms with Crippen molar-refractivity contribution in [1.29, 1.82) is 0 Å². The zero-order chi connectivity index (χ0) is 19.4. The summed E-state index contributed by atoms with van der Waals surface area (Å²) in [5.74, 6) is -1.19. The van der Waals surface area contributed by atoms with E-state index < -0.39 is 42.8 Å². The van der Waals surface area contributed by atoms with E-state index in [9.17, 15) is 25.2 Å². The van der Waals surface area contributed by atoms with Crippen LogP contribution >= 0.6 is 0 Å². The summed E-state index contributed by atoms with van der Waals surface area (Å²) in [4.78, 5) is 11.1. The number of hydrogen-bond donors (Lipinski definition) is 6. The number of rotatable bonds is 7. The van der Waals surface area contributed by atoms with Crippen LogP contribution < -0.4 is 14.8 Å². The van der Waals surface area contributed by atoms with Gasteiger partial charge >= 0.3 is 5.97 Å². The Labute approximate surface area is 149 Å². The van der Waals surface area contributed by atoms with Gasteiger partial charge in [-0.2, -0.15) is 0 Å². The van der Waals surface area contributed by atoms with E-state index in [2.05, 4.69) is 5.32 Å². The van der Waals surface area contributed by atoms with E-state index in [1.54, 1.807) is 13.1 Å². The van der Waals surface area contributed by atoms with E-state index in [4.69, 9.17) is 19.3 Å². The molecule has 1 aliphatic heterocycles. The highest BCUT2D eigenvalue weighted by molar-refractivity contribution is 5.73. The number of benzene rings is 1. The number of nitrogens with one attached hydrogen (secondary N) is 1. The fraction of sp³-hybridized carbons (Fsp3) is 0.562. The van der Waals surface area contributed by atoms with Crippen molar-refractivity contribution in [2.24, 2.45) is 0 Å². The fourth-order valence-electron chi connectivity index (χ4n) is 2.57. The molecule has 1 fully saturated rings. The largest absolute Gasteiger partial charge is 0.493 e. The Balaban J connectivity index is 2.22. The summed E-state index contributed by atoms with van der Waals surface area (Å²) in [6, 6.07) is 4.54. The average molecular weight is 373 g/mol. The molecule has 10 nitrogen and oxygen atoms in total. The molecule has 0 bridgehead atoms. The number of methoxy groups -OCH3 is 1. The Morgan fingerprint density at radius 3 is 2.50 bits per heavy atom. The molecule has 1 unspecified atom stereocenters. The van der Waals surface area contributed by atoms with Crippen LogP contribution in [0, 0.1) is 0 Å². The molecule has 1 aromatic rings. The fourth-order valence-corrected chi connectivity index (χ4v) is 2.57. The molecule has 1 aliphatic rings. The van der Waals surface area contributed by atoms with Gasteiger partial charge in [-0.05, 0) is 24.7 Å². The maximum Gasteiger partial charge on any atom is 0.335 e. The third kappa shape index (κ3) is 4.23. The van der Waals surface area contributed by atoms with E-state index in [0.717, 1.165) is 0 Å². The van der Waals surface area contributed by atoms with Crippen LogP contribution in [0.15, 0.2) is 18.2 Å². The number of carboxylic acids is 1. The van der Waals surface area contributed by atoms with Crippen molar-refractivity contribution in [1.82, 2.24) is 5.32 Å². The number of aliphatic carboxylic acids is 1. The summed E-state index contributed by atoms with van der Waals surface area (Å²) in [5, 5.41) is 51.4. The molecular formula is C16H23NO9. The van der Waals surface area contributed by atoms with Crippen molar-refractivity contribution in [3.05, 3.63) is 23.8 Å². The van der Waals surface area contributed by atoms with Crippen LogP contribution in [0.3, 0.4) is 0 Å². The monoisotopic (exact) mass is 373 g/mol. The summed E-state index contributed by atoms with van der Waals surface area (Å²) >= 11 is 0. The van der Waals surface area contributed by atoms with Gasteiger partial charge in [0.15, 0.2) is 17.6 Å². The van der Waals surface area contributed by atoms with Crippen LogP contribution in [0.4, 0.5) is 0 Å². The van der Waals surface area contributed by atoms with Gasteiger partial charge in [-0.25, -0.2) is 4.79 Å². The molecule has 10 heteroatoms. The molecule has 1 heterocycles. The molecule has 0 spiro atoms. The summed E-state index contributed by atoms with van der Waals surface area (Å²) in [5.41, 5.74) is 0.549. The van der Waals surface area contributed by atoms with E-state index in [0.29, 0.717) is 12.1 Å². The Bertz CT molecular complexity index is 626. The zero-order valence-electron chi connectivity index (χ0n) is 14.3. The first-order valence-electron chi connectivity index (χ1n) is 7.89. The Morgan fingerprint density at radius 2 is 1.92 bits per heavy atom. The molecule has 0 saturated carbocycles. The predicted octanol–water partition coefficient (Wildman–Crippen LogP) is -1.78. The van der Waals surface area contributed by atoms with Crippen LogP contribution in [0.25, 0.3) is 0 Å². The maximum absolute atomic E-state index is 11.1. The van der Waals surface area contributed by atoms with Gasteiger partial charge in [0.1, 0.15) is 18.3 Å². The topological polar surface area (TPSA) is 158 Å². The first-order valence-corrected chi connectivity index (χ1v) is 7.89. The molecule has 0 radical (unpaired) electrons. The molecule has 6 N–H and O–H groups in total. The minimum absolute atomic E-state index is 0.102. The van der Waals surface area contributed by atoms with E-state index in [1.165, 1.54) is 19.2 Å². The van der Waals surface area contributed by atoms with Gasteiger partial charge in [0.2, 0.25) is 6.29 Å². The van der Waals surface area contributed by atoms with Gasteiger partial charge in [0.25, 0.3) is 0 Å².